The van der Waals surface area contributed by atoms with E-state index in [0.29, 0.717) is 12.1 Å². The van der Waals surface area contributed by atoms with Crippen molar-refractivity contribution in [3.63, 3.8) is 0 Å². The Labute approximate surface area is 139 Å². The summed E-state index contributed by atoms with van der Waals surface area (Å²) < 4.78 is 10.6. The Morgan fingerprint density at radius 3 is 1.77 bits per heavy atom. The molecular weight excluding hydrogens is 292 g/mol. The van der Waals surface area contributed by atoms with Crippen molar-refractivity contribution in [3.05, 3.63) is 0 Å². The van der Waals surface area contributed by atoms with Gasteiger partial charge in [-0.05, 0) is 25.1 Å². The minimum absolute atomic E-state index is 0.414. The minimum Gasteiger partial charge on any atom is -0.489 e. The molecule has 3 nitrogen and oxygen atoms in total. The molecule has 132 valence electrons. The molecule has 22 heavy (non-hydrogen) atoms. The number of carbonyl (C=O) groups excluding carboxylic acids is 1. The SMILES string of the molecule is CCCCCCCCCCCCOC(=O)O[Si](C)(C)C(C)C. The van der Waals surface area contributed by atoms with Gasteiger partial charge in [-0.25, -0.2) is 4.79 Å². The molecule has 0 bridgehead atoms. The van der Waals surface area contributed by atoms with Gasteiger partial charge in [-0.15, -0.1) is 0 Å². The second-order valence-corrected chi connectivity index (χ2v) is 11.7. The van der Waals surface area contributed by atoms with Crippen LogP contribution in [0.25, 0.3) is 0 Å². The lowest BCUT2D eigenvalue weighted by Crippen LogP contribution is -2.36. The van der Waals surface area contributed by atoms with Crippen LogP contribution >= 0.6 is 0 Å². The predicted molar refractivity (Wildman–Crippen MR) is 96.9 cm³/mol. The van der Waals surface area contributed by atoms with E-state index >= 15 is 0 Å². The van der Waals surface area contributed by atoms with E-state index in [1.54, 1.807) is 0 Å². The molecule has 0 fully saturated rings. The van der Waals surface area contributed by atoms with Crippen LogP contribution in [0.2, 0.25) is 18.6 Å². The first kappa shape index (κ1) is 21.5. The largest absolute Gasteiger partial charge is 0.494 e. The van der Waals surface area contributed by atoms with Crippen LogP contribution in [0.4, 0.5) is 4.79 Å². The normalized spacial score (nSPS) is 11.7. The second-order valence-electron chi connectivity index (χ2n) is 7.14. The summed E-state index contributed by atoms with van der Waals surface area (Å²) in [6.45, 7) is 11.1. The first-order valence-corrected chi connectivity index (χ1v) is 12.2. The third kappa shape index (κ3) is 12.1. The van der Waals surface area contributed by atoms with Gasteiger partial charge in [-0.3, -0.25) is 0 Å². The molecule has 0 aliphatic heterocycles. The molecular formula is C18H38O3Si. The molecule has 0 spiro atoms. The number of hydrogen-bond donors (Lipinski definition) is 0. The van der Waals surface area contributed by atoms with E-state index in [2.05, 4.69) is 33.9 Å². The Bertz CT molecular complexity index is 278. The van der Waals surface area contributed by atoms with E-state index in [1.165, 1.54) is 51.4 Å². The highest BCUT2D eigenvalue weighted by molar-refractivity contribution is 6.73. The zero-order chi connectivity index (χ0) is 16.8. The van der Waals surface area contributed by atoms with Gasteiger partial charge in [0, 0.05) is 0 Å². The molecule has 0 aromatic rings. The molecule has 0 aliphatic rings. The highest BCUT2D eigenvalue weighted by atomic mass is 28.4. The Morgan fingerprint density at radius 2 is 1.32 bits per heavy atom. The Morgan fingerprint density at radius 1 is 0.864 bits per heavy atom. The molecule has 0 atom stereocenters. The Balaban J connectivity index is 3.37. The maximum absolute atomic E-state index is 11.6. The van der Waals surface area contributed by atoms with Gasteiger partial charge < -0.3 is 9.16 Å². The molecule has 4 heteroatoms. The van der Waals surface area contributed by atoms with Gasteiger partial charge >= 0.3 is 6.16 Å². The van der Waals surface area contributed by atoms with Crippen molar-refractivity contribution in [2.45, 2.75) is 104 Å². The van der Waals surface area contributed by atoms with Crippen LogP contribution in [0.5, 0.6) is 0 Å². The maximum atomic E-state index is 11.6. The van der Waals surface area contributed by atoms with Crippen molar-refractivity contribution in [1.82, 2.24) is 0 Å². The molecule has 0 heterocycles. The van der Waals surface area contributed by atoms with Gasteiger partial charge in [-0.2, -0.15) is 0 Å². The fourth-order valence-electron chi connectivity index (χ4n) is 2.11. The average molecular weight is 331 g/mol. The summed E-state index contributed by atoms with van der Waals surface area (Å²) in [6.07, 6.45) is 12.4. The summed E-state index contributed by atoms with van der Waals surface area (Å²) in [5, 5.41) is 0. The third-order valence-electron chi connectivity index (χ3n) is 4.45. The molecule has 0 rings (SSSR count). The van der Waals surface area contributed by atoms with Crippen molar-refractivity contribution in [2.75, 3.05) is 6.61 Å². The van der Waals surface area contributed by atoms with Gasteiger partial charge in [0.2, 0.25) is 0 Å². The lowest BCUT2D eigenvalue weighted by atomic mass is 10.1. The molecule has 0 amide bonds. The lowest BCUT2D eigenvalue weighted by Gasteiger charge is -2.25. The smallest absolute Gasteiger partial charge is 0.489 e. The van der Waals surface area contributed by atoms with E-state index in [9.17, 15) is 4.79 Å². The maximum Gasteiger partial charge on any atom is 0.494 e. The van der Waals surface area contributed by atoms with Crippen LogP contribution in [-0.4, -0.2) is 21.1 Å². The summed E-state index contributed by atoms with van der Waals surface area (Å²) in [7, 11) is -1.92. The van der Waals surface area contributed by atoms with E-state index in [-0.39, 0.29) is 0 Å². The Kier molecular flexibility index (Phi) is 12.7. The summed E-state index contributed by atoms with van der Waals surface area (Å²) in [6, 6.07) is 0. The van der Waals surface area contributed by atoms with Crippen molar-refractivity contribution in [1.29, 1.82) is 0 Å². The fourth-order valence-corrected chi connectivity index (χ4v) is 2.83. The van der Waals surface area contributed by atoms with Crippen molar-refractivity contribution < 1.29 is 14.0 Å². The summed E-state index contributed by atoms with van der Waals surface area (Å²) in [5.41, 5.74) is 0.414. The van der Waals surface area contributed by atoms with Gasteiger partial charge in [-0.1, -0.05) is 78.6 Å². The van der Waals surface area contributed by atoms with Crippen molar-refractivity contribution in [2.24, 2.45) is 0 Å². The van der Waals surface area contributed by atoms with Crippen LogP contribution in [-0.2, 0) is 9.16 Å². The van der Waals surface area contributed by atoms with Gasteiger partial charge in [0.1, 0.15) is 0 Å². The zero-order valence-electron chi connectivity index (χ0n) is 15.6. The van der Waals surface area contributed by atoms with E-state index in [0.717, 1.165) is 12.8 Å². The number of rotatable bonds is 13. The standard InChI is InChI=1S/C18H38O3Si/c1-6-7-8-9-10-11-12-13-14-15-16-20-18(19)21-22(4,5)17(2)3/h17H,6-16H2,1-5H3. The van der Waals surface area contributed by atoms with Crippen molar-refractivity contribution in [3.8, 4) is 0 Å². The summed E-state index contributed by atoms with van der Waals surface area (Å²) in [5.74, 6) is 0. The third-order valence-corrected chi connectivity index (χ3v) is 7.93. The Hall–Kier alpha value is -0.513. The quantitative estimate of drug-likeness (QED) is 0.215. The first-order chi connectivity index (χ1) is 10.4. The van der Waals surface area contributed by atoms with Crippen LogP contribution in [0.1, 0.15) is 85.0 Å². The molecule has 0 unspecified atom stereocenters. The van der Waals surface area contributed by atoms with Crippen LogP contribution < -0.4 is 0 Å². The molecule has 0 N–H and O–H groups in total. The second kappa shape index (κ2) is 13.0. The van der Waals surface area contributed by atoms with Crippen LogP contribution in [0.15, 0.2) is 0 Å². The fraction of sp³-hybridized carbons (Fsp3) is 0.944. The molecule has 0 saturated carbocycles. The van der Waals surface area contributed by atoms with Crippen LogP contribution in [0, 0.1) is 0 Å². The molecule has 0 aliphatic carbocycles. The van der Waals surface area contributed by atoms with E-state index < -0.39 is 14.5 Å². The molecule has 0 aromatic carbocycles. The highest BCUT2D eigenvalue weighted by Crippen LogP contribution is 2.21. The van der Waals surface area contributed by atoms with Crippen molar-refractivity contribution >= 4 is 14.5 Å². The summed E-state index contributed by atoms with van der Waals surface area (Å²) >= 11 is 0. The zero-order valence-corrected chi connectivity index (χ0v) is 16.6. The number of unbranched alkanes of at least 4 members (excludes halogenated alkanes) is 9. The summed E-state index contributed by atoms with van der Waals surface area (Å²) in [4.78, 5) is 11.6. The van der Waals surface area contributed by atoms with E-state index in [4.69, 9.17) is 9.16 Å². The first-order valence-electron chi connectivity index (χ1n) is 9.26. The number of ether oxygens (including phenoxy) is 1. The van der Waals surface area contributed by atoms with Crippen LogP contribution in [0.3, 0.4) is 0 Å². The monoisotopic (exact) mass is 330 g/mol. The highest BCUT2D eigenvalue weighted by Gasteiger charge is 2.31. The van der Waals surface area contributed by atoms with E-state index in [1.807, 2.05) is 0 Å². The van der Waals surface area contributed by atoms with Gasteiger partial charge in [0.15, 0.2) is 0 Å². The molecule has 0 radical (unpaired) electrons. The minimum atomic E-state index is -1.92. The average Bonchev–Trinajstić information content (AvgIpc) is 2.44. The lowest BCUT2D eigenvalue weighted by molar-refractivity contribution is 0.0940. The van der Waals surface area contributed by atoms with Gasteiger partial charge in [0.25, 0.3) is 8.32 Å². The molecule has 0 aromatic heterocycles. The molecule has 0 saturated heterocycles. The number of carbonyl (C=O) groups is 1. The number of hydrogen-bond acceptors (Lipinski definition) is 3. The predicted octanol–water partition coefficient (Wildman–Crippen LogP) is 6.68. The topological polar surface area (TPSA) is 35.5 Å². The van der Waals surface area contributed by atoms with Gasteiger partial charge in [0.05, 0.1) is 6.61 Å².